The molecule has 27 heteroatoms. The van der Waals surface area contributed by atoms with E-state index in [1.807, 2.05) is 12.3 Å². The molecular formula is C54H46N12O9S6. The molecular weight excluding hydrogens is 1150 g/mol. The highest BCUT2D eigenvalue weighted by atomic mass is 32.1. The number of phenols is 1. The Bertz CT molecular complexity index is 3870. The van der Waals surface area contributed by atoms with Crippen LogP contribution in [0.2, 0.25) is 0 Å². The second-order valence-electron chi connectivity index (χ2n) is 19.1. The minimum absolute atomic E-state index is 0.00131. The summed E-state index contributed by atoms with van der Waals surface area (Å²) in [6.45, 7) is 4.09. The molecule has 9 N–H and O–H groups in total. The van der Waals surface area contributed by atoms with Gasteiger partial charge in [-0.3, -0.25) is 28.8 Å². The highest BCUT2D eigenvalue weighted by molar-refractivity contribution is 7.15. The molecule has 1 saturated heterocycles. The number of hydrogen-bond donors (Lipinski definition) is 7. The lowest BCUT2D eigenvalue weighted by Gasteiger charge is -2.26. The van der Waals surface area contributed by atoms with Crippen LogP contribution in [0.15, 0.2) is 93.6 Å². The molecule has 2 aliphatic rings. The number of thiazole rings is 6. The molecule has 5 amide bonds. The Morgan fingerprint density at radius 1 is 0.679 bits per heavy atom. The lowest BCUT2D eigenvalue weighted by molar-refractivity contribution is -0.124. The van der Waals surface area contributed by atoms with Gasteiger partial charge in [-0.1, -0.05) is 49.4 Å². The number of aromatic nitrogens is 7. The number of fused-ring (bicyclic) bond motifs is 14. The summed E-state index contributed by atoms with van der Waals surface area (Å²) in [4.78, 5) is 117. The molecule has 9 heterocycles. The number of ketones is 1. The van der Waals surface area contributed by atoms with Crippen LogP contribution in [0.4, 0.5) is 0 Å². The summed E-state index contributed by atoms with van der Waals surface area (Å²) in [5.41, 5.74) is 14.7. The molecule has 0 spiro atoms. The number of aliphatic hydroxyl groups is 1. The molecule has 0 unspecified atom stereocenters. The number of amides is 5. The fraction of sp³-hybridized carbons (Fsp3) is 0.241. The Labute approximate surface area is 484 Å². The summed E-state index contributed by atoms with van der Waals surface area (Å²) >= 11 is 7.10. The number of nitrogens with two attached hydrogens (primary N) is 2. The van der Waals surface area contributed by atoms with Gasteiger partial charge in [-0.25, -0.2) is 34.9 Å². The Morgan fingerprint density at radius 3 is 2.05 bits per heavy atom. The van der Waals surface area contributed by atoms with Crippen LogP contribution >= 0.6 is 68.0 Å². The third-order valence-corrected chi connectivity index (χ3v) is 19.0. The van der Waals surface area contributed by atoms with Crippen LogP contribution in [0.1, 0.15) is 117 Å². The van der Waals surface area contributed by atoms with Gasteiger partial charge in [-0.05, 0) is 42.3 Å². The van der Waals surface area contributed by atoms with Gasteiger partial charge in [0.1, 0.15) is 76.7 Å². The van der Waals surface area contributed by atoms with Crippen LogP contribution in [0.5, 0.6) is 5.75 Å². The summed E-state index contributed by atoms with van der Waals surface area (Å²) < 4.78 is 5.75. The zero-order valence-corrected chi connectivity index (χ0v) is 47.5. The number of Topliss-reactive ketones (excluding diaryl/α,β-unsaturated/α-hetero) is 1. The third kappa shape index (κ3) is 12.1. The molecule has 11 rings (SSSR count). The number of phenolic OH excluding ortho intramolecular Hbond substituents is 1. The van der Waals surface area contributed by atoms with E-state index in [2.05, 4.69) is 30.9 Å². The van der Waals surface area contributed by atoms with E-state index >= 15 is 0 Å². The maximum Gasteiger partial charge on any atom is 0.271 e. The topological polar surface area (TPSA) is 334 Å². The number of pyridine rings is 1. The summed E-state index contributed by atoms with van der Waals surface area (Å²) in [6.07, 6.45) is -2.16. The number of rotatable bonds is 10. The number of carbonyl (C=O) groups excluding carboxylic acids is 6. The number of carbonyl (C=O) groups is 6. The lowest BCUT2D eigenvalue weighted by atomic mass is 9.90. The fourth-order valence-corrected chi connectivity index (χ4v) is 14.4. The van der Waals surface area contributed by atoms with Crippen LogP contribution < -0.4 is 27.4 Å². The monoisotopic (exact) mass is 1200 g/mol. The molecule has 81 heavy (non-hydrogen) atoms. The molecule has 0 radical (unpaired) electrons. The second kappa shape index (κ2) is 23.3. The number of nitrogens with zero attached hydrogens (tertiary/aromatic N) is 7. The molecule has 2 aromatic carbocycles. The normalized spacial score (nSPS) is 19.4. The number of ether oxygens (including phenoxy) is 1. The van der Waals surface area contributed by atoms with Crippen molar-refractivity contribution in [2.24, 2.45) is 17.4 Å². The van der Waals surface area contributed by atoms with Crippen LogP contribution in [0.25, 0.3) is 43.4 Å². The zero-order chi connectivity index (χ0) is 56.6. The third-order valence-electron chi connectivity index (χ3n) is 13.4. The zero-order valence-electron chi connectivity index (χ0n) is 42.6. The van der Waals surface area contributed by atoms with E-state index in [-0.39, 0.29) is 69.8 Å². The first-order valence-corrected chi connectivity index (χ1v) is 30.2. The number of hydrogen-bond acceptors (Lipinski definition) is 22. The molecule has 7 atom stereocenters. The number of epoxide rings is 1. The molecule has 1 fully saturated rings. The largest absolute Gasteiger partial charge is 0.508 e. The number of aliphatic hydroxyl groups excluding tert-OH is 1. The van der Waals surface area contributed by atoms with Crippen LogP contribution in [-0.2, 0) is 20.7 Å². The average molecular weight is 1200 g/mol. The van der Waals surface area contributed by atoms with Gasteiger partial charge in [0.2, 0.25) is 11.8 Å². The smallest absolute Gasteiger partial charge is 0.271 e. The maximum absolute atomic E-state index is 14.8. The molecule has 10 bridgehead atoms. The Kier molecular flexibility index (Phi) is 15.8. The quantitative estimate of drug-likeness (QED) is 0.0649. The summed E-state index contributed by atoms with van der Waals surface area (Å²) in [6, 6.07) is 15.5. The standard InChI is InChI=1S/C54H46N12O9S6/c1-23(39-17-75-39)41-54-64-37(22-80-54)52-60-33(18-78-52)43-28(12-13-30(57-43)51-61-34(19-79-51)45(56)71)49-62-36(20-76-49)48(74)59-32(16-40(55)69)53-66-42(24(2)81-53)38(68)15-29(44(70)26-6-4-3-5-7-26)50-63-35(21-77-50)47(73)58-31(46(72)65-41)14-25-8-10-27(67)11-9-25/h3-13,18-23,29,31-32,39,41,44,67,70H,14-17H2,1-2H3,(H2,55,69)(H2,56,71)(H,58,73)(H,59,74)(H,65,72)/t23-,29-,31-,32-,39-,41-,44+/m0/s1. The molecule has 9 aromatic rings. The van der Waals surface area contributed by atoms with Gasteiger partial charge in [-0.2, -0.15) is 0 Å². The second-order valence-corrected chi connectivity index (χ2v) is 24.7. The first-order valence-electron chi connectivity index (χ1n) is 25.0. The molecule has 0 aliphatic carbocycles. The molecule has 7 aromatic heterocycles. The predicted octanol–water partition coefficient (Wildman–Crippen LogP) is 7.59. The van der Waals surface area contributed by atoms with E-state index in [1.165, 1.54) is 56.9 Å². The van der Waals surface area contributed by atoms with Gasteiger partial charge in [0.15, 0.2) is 5.78 Å². The maximum atomic E-state index is 14.8. The van der Waals surface area contributed by atoms with E-state index in [9.17, 15) is 39.0 Å². The van der Waals surface area contributed by atoms with Crippen molar-refractivity contribution < 1.29 is 43.7 Å². The van der Waals surface area contributed by atoms with Gasteiger partial charge in [-0.15, -0.1) is 68.0 Å². The van der Waals surface area contributed by atoms with E-state index < -0.39 is 65.5 Å². The number of primary amides is 2. The SMILES string of the molecule is Cc1sc2nc1C(=O)C[C@@H]([C@H](O)c1ccccc1)c1nc(cs1)C(=O)N[C@@H](Cc1ccc(O)cc1)C(=O)N[C@@H]([C@@H](C)[C@@H]1CO1)c1nc(cs1)-c1nc(cs1)-c1nc(-c3nc(C(N)=O)cs3)ccc1-c1nc(cs1)C(=O)N[C@H]2CC(N)=O. The van der Waals surface area contributed by atoms with Crippen molar-refractivity contribution in [3.63, 3.8) is 0 Å². The van der Waals surface area contributed by atoms with Gasteiger partial charge >= 0.3 is 0 Å². The predicted molar refractivity (Wildman–Crippen MR) is 306 cm³/mol. The highest BCUT2D eigenvalue weighted by Crippen LogP contribution is 2.41. The fourth-order valence-electron chi connectivity index (χ4n) is 9.07. The van der Waals surface area contributed by atoms with Gasteiger partial charge in [0, 0.05) is 62.0 Å². The first-order chi connectivity index (χ1) is 39.0. The number of nitrogens with one attached hydrogen (secondary N) is 3. The summed E-state index contributed by atoms with van der Waals surface area (Å²) in [5.74, 6) is -5.09. The van der Waals surface area contributed by atoms with Crippen molar-refractivity contribution in [3.8, 4) is 49.1 Å². The molecule has 21 nitrogen and oxygen atoms in total. The van der Waals surface area contributed by atoms with Crippen molar-refractivity contribution >= 4 is 103 Å². The summed E-state index contributed by atoms with van der Waals surface area (Å²) in [5, 5.41) is 41.6. The lowest BCUT2D eigenvalue weighted by Crippen LogP contribution is -2.50. The Morgan fingerprint density at radius 2 is 1.32 bits per heavy atom. The minimum atomic E-state index is -1.28. The van der Waals surface area contributed by atoms with Crippen LogP contribution in [-0.4, -0.2) is 99.2 Å². The van der Waals surface area contributed by atoms with Gasteiger partial charge in [0.05, 0.1) is 48.0 Å². The molecule has 2 aliphatic heterocycles. The number of aromatic hydroxyl groups is 1. The minimum Gasteiger partial charge on any atom is -0.508 e. The number of benzene rings is 2. The summed E-state index contributed by atoms with van der Waals surface area (Å²) in [7, 11) is 0. The molecule has 0 saturated carbocycles. The number of aryl methyl sites for hydroxylation is 1. The Hall–Kier alpha value is -7.89. The highest BCUT2D eigenvalue weighted by Gasteiger charge is 2.40. The van der Waals surface area contributed by atoms with Crippen molar-refractivity contribution in [2.45, 2.75) is 69.4 Å². The van der Waals surface area contributed by atoms with E-state index in [0.717, 1.165) is 34.0 Å². The van der Waals surface area contributed by atoms with E-state index in [4.69, 9.17) is 36.1 Å². The van der Waals surface area contributed by atoms with Crippen molar-refractivity contribution in [1.82, 2.24) is 50.8 Å². The Balaban J connectivity index is 1.01. The molecule has 412 valence electrons. The van der Waals surface area contributed by atoms with Crippen LogP contribution in [0, 0.1) is 12.8 Å². The first kappa shape index (κ1) is 55.0. The van der Waals surface area contributed by atoms with Gasteiger partial charge < -0.3 is 42.4 Å². The van der Waals surface area contributed by atoms with E-state index in [1.54, 1.807) is 72.3 Å². The van der Waals surface area contributed by atoms with Gasteiger partial charge in [0.25, 0.3) is 17.7 Å². The van der Waals surface area contributed by atoms with Crippen LogP contribution in [0.3, 0.4) is 0 Å². The van der Waals surface area contributed by atoms with Crippen molar-refractivity contribution in [3.05, 3.63) is 147 Å². The van der Waals surface area contributed by atoms with E-state index in [0.29, 0.717) is 71.0 Å². The van der Waals surface area contributed by atoms with Crippen molar-refractivity contribution in [1.29, 1.82) is 0 Å². The van der Waals surface area contributed by atoms with Crippen molar-refractivity contribution in [2.75, 3.05) is 6.61 Å². The average Bonchev–Trinajstić information content (AvgIpc) is 4.44.